The number of oxime groups is 1. The third kappa shape index (κ3) is 10.8. The zero-order valence-corrected chi connectivity index (χ0v) is 36.8. The number of aliphatic hydroxyl groups excluding tert-OH is 3. The van der Waals surface area contributed by atoms with Gasteiger partial charge >= 0.3 is 5.97 Å². The average molecular weight is 825 g/mol. The fourth-order valence-electron chi connectivity index (χ4n) is 9.18. The van der Waals surface area contributed by atoms with Crippen molar-refractivity contribution < 1.29 is 63.6 Å². The maximum atomic E-state index is 14.4. The zero-order valence-electron chi connectivity index (χ0n) is 36.8. The fourth-order valence-corrected chi connectivity index (χ4v) is 9.18. The van der Waals surface area contributed by atoms with E-state index in [0.29, 0.717) is 17.9 Å². The van der Waals surface area contributed by atoms with Gasteiger partial charge in [0.15, 0.2) is 18.3 Å². The molecule has 1 aromatic rings. The minimum absolute atomic E-state index is 0.0126. The molecule has 0 spiro atoms. The summed E-state index contributed by atoms with van der Waals surface area (Å²) in [6.07, 6.45) is -9.37. The molecule has 3 saturated heterocycles. The van der Waals surface area contributed by atoms with Crippen molar-refractivity contribution in [3.05, 3.63) is 30.3 Å². The van der Waals surface area contributed by atoms with Gasteiger partial charge in [0.25, 0.3) is 0 Å². The van der Waals surface area contributed by atoms with Crippen LogP contribution in [0.5, 0.6) is 5.75 Å². The maximum absolute atomic E-state index is 14.4. The summed E-state index contributed by atoms with van der Waals surface area (Å²) in [5, 5.41) is 63.9. The lowest BCUT2D eigenvalue weighted by molar-refractivity contribution is -0.317. The molecule has 3 fully saturated rings. The SMILES string of the molecule is CC[C@H]1OC(=O)[C@H](C)[C@@H](O[C@H]2C[C@@](C)(OC)[C@@H](O)[C@H](C)O2)[C@H](C)[C@@H](O[C@@H]2O[C@H](C)C[C@H](N(C)C)[C@H]2O)C(C)(O)C[C@H](C)/C(=N\Oc2ccccc2)[C@H](C)[C@@H](O)[C@]1(C)O. The van der Waals surface area contributed by atoms with Gasteiger partial charge in [-0.25, -0.2) is 0 Å². The van der Waals surface area contributed by atoms with E-state index in [0.717, 1.165) is 0 Å². The zero-order chi connectivity index (χ0) is 43.5. The summed E-state index contributed by atoms with van der Waals surface area (Å²) in [4.78, 5) is 22.1. The molecule has 3 aliphatic rings. The summed E-state index contributed by atoms with van der Waals surface area (Å²) in [5.41, 5.74) is -4.43. The van der Waals surface area contributed by atoms with Crippen LogP contribution in [-0.4, -0.2) is 148 Å². The van der Waals surface area contributed by atoms with Crippen LogP contribution in [0.3, 0.4) is 0 Å². The number of hydrogen-bond donors (Lipinski definition) is 5. The van der Waals surface area contributed by atoms with Crippen molar-refractivity contribution in [1.82, 2.24) is 4.90 Å². The van der Waals surface area contributed by atoms with Crippen molar-refractivity contribution >= 4 is 11.7 Å². The van der Waals surface area contributed by atoms with Gasteiger partial charge in [-0.05, 0) is 87.0 Å². The number of esters is 1. The summed E-state index contributed by atoms with van der Waals surface area (Å²) in [5.74, 6) is -3.64. The van der Waals surface area contributed by atoms with Crippen LogP contribution < -0.4 is 4.84 Å². The molecule has 18 atom stereocenters. The normalized spacial score (nSPS) is 45.7. The van der Waals surface area contributed by atoms with Crippen LogP contribution in [0.2, 0.25) is 0 Å². The monoisotopic (exact) mass is 825 g/mol. The highest BCUT2D eigenvalue weighted by atomic mass is 16.7. The third-order valence-electron chi connectivity index (χ3n) is 12.9. The molecule has 3 aliphatic heterocycles. The number of cyclic esters (lactones) is 1. The van der Waals surface area contributed by atoms with E-state index in [1.807, 2.05) is 38.9 Å². The van der Waals surface area contributed by atoms with E-state index in [1.165, 1.54) is 14.0 Å². The summed E-state index contributed by atoms with van der Waals surface area (Å²) in [6, 6.07) is 8.57. The molecule has 4 rings (SSSR count). The molecule has 332 valence electrons. The predicted molar refractivity (Wildman–Crippen MR) is 216 cm³/mol. The van der Waals surface area contributed by atoms with Crippen molar-refractivity contribution in [1.29, 1.82) is 0 Å². The molecule has 58 heavy (non-hydrogen) atoms. The second-order valence-corrected chi connectivity index (χ2v) is 18.0. The highest BCUT2D eigenvalue weighted by molar-refractivity contribution is 5.89. The quantitative estimate of drug-likeness (QED) is 0.179. The van der Waals surface area contributed by atoms with Gasteiger partial charge < -0.3 is 63.7 Å². The first-order chi connectivity index (χ1) is 27.0. The first-order valence-electron chi connectivity index (χ1n) is 20.8. The minimum atomic E-state index is -1.95. The summed E-state index contributed by atoms with van der Waals surface area (Å²) >= 11 is 0. The lowest BCUT2D eigenvalue weighted by Crippen LogP contribution is -2.61. The average Bonchev–Trinajstić information content (AvgIpc) is 3.16. The molecule has 0 radical (unpaired) electrons. The Morgan fingerprint density at radius 2 is 1.53 bits per heavy atom. The Hall–Kier alpha value is -2.28. The lowest BCUT2D eigenvalue weighted by atomic mass is 9.73. The number of rotatable bonds is 9. The number of nitrogens with zero attached hydrogens (tertiary/aromatic N) is 2. The molecule has 15 nitrogen and oxygen atoms in total. The van der Waals surface area contributed by atoms with Crippen LogP contribution in [0, 0.1) is 23.7 Å². The molecule has 5 N–H and O–H groups in total. The number of carbonyl (C=O) groups excluding carboxylic acids is 1. The topological polar surface area (TPSA) is 198 Å². The number of ether oxygens (including phenoxy) is 6. The molecule has 0 bridgehead atoms. The lowest BCUT2D eigenvalue weighted by Gasteiger charge is -2.49. The summed E-state index contributed by atoms with van der Waals surface area (Å²) < 4.78 is 37.8. The third-order valence-corrected chi connectivity index (χ3v) is 12.9. The Morgan fingerprint density at radius 1 is 0.897 bits per heavy atom. The van der Waals surface area contributed by atoms with Crippen LogP contribution in [0.25, 0.3) is 0 Å². The fraction of sp³-hybridized carbons (Fsp3) is 0.814. The first-order valence-corrected chi connectivity index (χ1v) is 20.8. The van der Waals surface area contributed by atoms with E-state index < -0.39 is 102 Å². The van der Waals surface area contributed by atoms with Crippen molar-refractivity contribution in [3.8, 4) is 5.75 Å². The number of aliphatic hydroxyl groups is 5. The predicted octanol–water partition coefficient (Wildman–Crippen LogP) is 3.65. The van der Waals surface area contributed by atoms with Gasteiger partial charge in [0, 0.05) is 37.3 Å². The standard InChI is InChI=1S/C43H72N2O13/c1-14-31-43(10,51)36(47)25(4)33(44-58-29-18-16-15-17-19-29)23(2)21-41(8,50)38(57-40-34(46)30(45(11)12)20-24(3)53-40)26(5)35(27(6)39(49)55-31)56-32-22-42(9,52-13)37(48)28(7)54-32/h15-19,23-28,30-32,34-38,40,46-48,50-51H,14,20-22H2,1-13H3/b44-33+/t23-,24+,25-,26-,27+,28-,30-,31+,32-,34+,35-,36+,37-,38+,40-,41?,42+,43+/m0/s1. The molecule has 1 aromatic carbocycles. The van der Waals surface area contributed by atoms with E-state index in [-0.39, 0.29) is 31.4 Å². The van der Waals surface area contributed by atoms with Gasteiger partial charge in [-0.1, -0.05) is 51.0 Å². The summed E-state index contributed by atoms with van der Waals surface area (Å²) in [7, 11) is 5.23. The Kier molecular flexibility index (Phi) is 16.4. The van der Waals surface area contributed by atoms with Crippen LogP contribution in [-0.2, 0) is 33.2 Å². The molecule has 0 saturated carbocycles. The number of hydrogen-bond acceptors (Lipinski definition) is 15. The number of carbonyl (C=O) groups is 1. The molecule has 0 amide bonds. The Morgan fingerprint density at radius 3 is 2.12 bits per heavy atom. The molecular weight excluding hydrogens is 752 g/mol. The highest BCUT2D eigenvalue weighted by Gasteiger charge is 2.53. The second kappa shape index (κ2) is 19.6. The van der Waals surface area contributed by atoms with E-state index in [4.69, 9.17) is 33.3 Å². The van der Waals surface area contributed by atoms with Crippen molar-refractivity contribution in [3.63, 3.8) is 0 Å². The van der Waals surface area contributed by atoms with Gasteiger partial charge in [0.2, 0.25) is 0 Å². The van der Waals surface area contributed by atoms with Crippen molar-refractivity contribution in [2.24, 2.45) is 28.8 Å². The Labute approximate surface area is 344 Å². The molecule has 15 heteroatoms. The van der Waals surface area contributed by atoms with Crippen LogP contribution in [0.1, 0.15) is 94.9 Å². The number of benzene rings is 1. The van der Waals surface area contributed by atoms with Crippen LogP contribution in [0.15, 0.2) is 35.5 Å². The highest BCUT2D eigenvalue weighted by Crippen LogP contribution is 2.41. The Balaban J connectivity index is 1.89. The molecule has 3 heterocycles. The smallest absolute Gasteiger partial charge is 0.311 e. The molecule has 1 unspecified atom stereocenters. The van der Waals surface area contributed by atoms with Crippen molar-refractivity contribution in [2.75, 3.05) is 21.2 Å². The van der Waals surface area contributed by atoms with Gasteiger partial charge in [0.05, 0.1) is 53.4 Å². The van der Waals surface area contributed by atoms with E-state index in [9.17, 15) is 30.3 Å². The van der Waals surface area contributed by atoms with Gasteiger partial charge in [0.1, 0.15) is 23.9 Å². The minimum Gasteiger partial charge on any atom is -0.459 e. The Bertz CT molecular complexity index is 1500. The molecule has 0 aliphatic carbocycles. The maximum Gasteiger partial charge on any atom is 0.311 e. The van der Waals surface area contributed by atoms with Crippen LogP contribution in [0.4, 0.5) is 0 Å². The van der Waals surface area contributed by atoms with E-state index in [1.54, 1.807) is 72.7 Å². The van der Waals surface area contributed by atoms with E-state index >= 15 is 0 Å². The number of methoxy groups -OCH3 is 1. The summed E-state index contributed by atoms with van der Waals surface area (Å²) in [6.45, 7) is 17.1. The number of para-hydroxylation sites is 1. The molecule has 0 aromatic heterocycles. The van der Waals surface area contributed by atoms with Crippen LogP contribution >= 0.6 is 0 Å². The second-order valence-electron chi connectivity index (χ2n) is 18.0. The largest absolute Gasteiger partial charge is 0.459 e. The van der Waals surface area contributed by atoms with Gasteiger partial charge in [-0.2, -0.15) is 0 Å². The van der Waals surface area contributed by atoms with E-state index in [2.05, 4.69) is 5.16 Å². The van der Waals surface area contributed by atoms with Gasteiger partial charge in [-0.15, -0.1) is 0 Å². The first kappa shape index (κ1) is 48.4. The van der Waals surface area contributed by atoms with Crippen molar-refractivity contribution in [2.45, 2.75) is 179 Å². The number of likely N-dealkylation sites (N-methyl/N-ethyl adjacent to an activating group) is 1. The molecular formula is C43H72N2O13. The van der Waals surface area contributed by atoms with Gasteiger partial charge in [-0.3, -0.25) is 4.79 Å².